The van der Waals surface area contributed by atoms with Crippen LogP contribution in [0.5, 0.6) is 0 Å². The van der Waals surface area contributed by atoms with E-state index in [1.54, 1.807) is 6.20 Å². The van der Waals surface area contributed by atoms with Gasteiger partial charge in [-0.1, -0.05) is 11.3 Å². The van der Waals surface area contributed by atoms with E-state index in [0.717, 1.165) is 39.8 Å². The molecule has 3 aliphatic rings. The maximum atomic E-state index is 4.56. The minimum absolute atomic E-state index is 0.405. The van der Waals surface area contributed by atoms with Crippen LogP contribution in [0, 0.1) is 6.92 Å². The number of anilines is 1. The van der Waals surface area contributed by atoms with Crippen molar-refractivity contribution in [2.45, 2.75) is 13.5 Å². The third kappa shape index (κ3) is 2.22. The topological polar surface area (TPSA) is 80.9 Å². The van der Waals surface area contributed by atoms with E-state index in [-0.39, 0.29) is 0 Å². The van der Waals surface area contributed by atoms with Crippen LogP contribution in [0.15, 0.2) is 21.7 Å². The second-order valence-electron chi connectivity index (χ2n) is 4.58. The Balaban J connectivity index is 1.92. The summed E-state index contributed by atoms with van der Waals surface area (Å²) < 4.78 is 3.14. The summed E-state index contributed by atoms with van der Waals surface area (Å²) in [6.45, 7) is 3.66. The van der Waals surface area contributed by atoms with Crippen molar-refractivity contribution in [1.82, 2.24) is 24.7 Å². The van der Waals surface area contributed by atoms with Gasteiger partial charge in [0.15, 0.2) is 0 Å². The van der Waals surface area contributed by atoms with Gasteiger partial charge < -0.3 is 9.88 Å². The minimum Gasteiger partial charge on any atom is -0.369 e. The van der Waals surface area contributed by atoms with Gasteiger partial charge in [0, 0.05) is 24.8 Å². The molecule has 9 heteroatoms. The van der Waals surface area contributed by atoms with Crippen LogP contribution in [-0.2, 0) is 6.54 Å². The second kappa shape index (κ2) is 4.85. The van der Waals surface area contributed by atoms with E-state index in [0.29, 0.717) is 10.7 Å². The highest BCUT2D eigenvalue weighted by molar-refractivity contribution is 9.10. The van der Waals surface area contributed by atoms with Crippen molar-refractivity contribution in [1.29, 1.82) is 0 Å². The molecule has 0 amide bonds. The summed E-state index contributed by atoms with van der Waals surface area (Å²) in [4.78, 5) is 13.2. The van der Waals surface area contributed by atoms with Crippen molar-refractivity contribution >= 4 is 38.2 Å². The predicted octanol–water partition coefficient (Wildman–Crippen LogP) is 1.96. The van der Waals surface area contributed by atoms with Crippen LogP contribution >= 0.6 is 27.3 Å². The largest absolute Gasteiger partial charge is 0.369 e. The number of aryl methyl sites for hydroxylation is 1. The molecule has 106 valence electrons. The van der Waals surface area contributed by atoms with Crippen LogP contribution in [0.4, 0.5) is 10.9 Å². The number of rotatable bonds is 1. The lowest BCUT2D eigenvalue weighted by Gasteiger charge is -2.13. The average molecular weight is 364 g/mol. The van der Waals surface area contributed by atoms with Gasteiger partial charge in [0.05, 0.1) is 4.47 Å². The first-order valence-electron chi connectivity index (χ1n) is 6.35. The zero-order valence-electron chi connectivity index (χ0n) is 11.0. The van der Waals surface area contributed by atoms with Crippen LogP contribution in [-0.4, -0.2) is 31.3 Å². The van der Waals surface area contributed by atoms with Gasteiger partial charge in [-0.3, -0.25) is 0 Å². The molecule has 0 aliphatic carbocycles. The molecule has 1 aromatic rings. The van der Waals surface area contributed by atoms with Gasteiger partial charge >= 0.3 is 0 Å². The lowest BCUT2D eigenvalue weighted by molar-refractivity contribution is 0.777. The van der Waals surface area contributed by atoms with Crippen molar-refractivity contribution in [3.63, 3.8) is 0 Å². The number of hydrogen-bond acceptors (Lipinski definition) is 7. The van der Waals surface area contributed by atoms with E-state index >= 15 is 0 Å². The molecular formula is C12H10BrN7S. The molecule has 0 spiro atoms. The molecule has 0 fully saturated rings. The number of pyridine rings is 1. The molecule has 4 rings (SSSR count). The molecule has 21 heavy (non-hydrogen) atoms. The van der Waals surface area contributed by atoms with E-state index in [2.05, 4.69) is 51.0 Å². The fourth-order valence-corrected chi connectivity index (χ4v) is 3.44. The third-order valence-corrected chi connectivity index (χ3v) is 4.49. The Kier molecular flexibility index (Phi) is 2.96. The molecule has 0 saturated carbocycles. The van der Waals surface area contributed by atoms with Crippen LogP contribution in [0.3, 0.4) is 0 Å². The SMILES string of the molecule is Cc1nnc(N=c2ncc3cc(Br)c4n(c-3n2)CCN4)s1. The van der Waals surface area contributed by atoms with Crippen LogP contribution in [0.25, 0.3) is 11.4 Å². The quantitative estimate of drug-likeness (QED) is 0.714. The molecule has 0 aromatic carbocycles. The summed E-state index contributed by atoms with van der Waals surface area (Å²) in [5.41, 5.74) is 1.38. The Hall–Kier alpha value is -1.87. The van der Waals surface area contributed by atoms with E-state index in [4.69, 9.17) is 0 Å². The average Bonchev–Trinajstić information content (AvgIpc) is 3.09. The molecule has 7 nitrogen and oxygen atoms in total. The number of halogens is 1. The standard InChI is InChI=1S/C12H10BrN7S/c1-6-18-19-12(21-6)17-11-15-5-7-4-8(13)10-14-2-3-20(10)9(7)16-11/h4-5,14H,2-3H2,1H3. The normalized spacial score (nSPS) is 14.5. The Bertz CT molecular complexity index is 868. The monoisotopic (exact) mass is 363 g/mol. The molecule has 0 radical (unpaired) electrons. The third-order valence-electron chi connectivity index (χ3n) is 3.16. The van der Waals surface area contributed by atoms with E-state index in [1.165, 1.54) is 11.3 Å². The van der Waals surface area contributed by atoms with Gasteiger partial charge in [-0.2, -0.15) is 9.98 Å². The Labute approximate surface area is 132 Å². The van der Waals surface area contributed by atoms with Gasteiger partial charge in [0.1, 0.15) is 16.6 Å². The predicted molar refractivity (Wildman–Crippen MR) is 82.7 cm³/mol. The van der Waals surface area contributed by atoms with Crippen molar-refractivity contribution in [3.8, 4) is 11.4 Å². The van der Waals surface area contributed by atoms with Crippen LogP contribution in [0.2, 0.25) is 0 Å². The van der Waals surface area contributed by atoms with Gasteiger partial charge in [-0.15, -0.1) is 10.2 Å². The second-order valence-corrected chi connectivity index (χ2v) is 6.60. The van der Waals surface area contributed by atoms with E-state index < -0.39 is 0 Å². The van der Waals surface area contributed by atoms with Crippen molar-refractivity contribution < 1.29 is 0 Å². The first-order chi connectivity index (χ1) is 10.2. The number of nitrogens with one attached hydrogen (secondary N) is 1. The number of hydrogen-bond donors (Lipinski definition) is 1. The lowest BCUT2D eigenvalue weighted by Crippen LogP contribution is -2.17. The summed E-state index contributed by atoms with van der Waals surface area (Å²) in [5.74, 6) is 1.91. The lowest BCUT2D eigenvalue weighted by atomic mass is 10.2. The van der Waals surface area contributed by atoms with Gasteiger partial charge in [0.2, 0.25) is 5.13 Å². The van der Waals surface area contributed by atoms with Crippen molar-refractivity contribution in [2.75, 3.05) is 11.9 Å². The smallest absolute Gasteiger partial charge is 0.254 e. The van der Waals surface area contributed by atoms with Crippen molar-refractivity contribution in [3.05, 3.63) is 27.4 Å². The Morgan fingerprint density at radius 1 is 1.43 bits per heavy atom. The first-order valence-corrected chi connectivity index (χ1v) is 7.96. The summed E-state index contributed by atoms with van der Waals surface area (Å²) in [5, 5.41) is 12.7. The first kappa shape index (κ1) is 12.8. The summed E-state index contributed by atoms with van der Waals surface area (Å²) >= 11 is 4.98. The fourth-order valence-electron chi connectivity index (χ4n) is 2.29. The number of fused-ring (bicyclic) bond motifs is 3. The highest BCUT2D eigenvalue weighted by Gasteiger charge is 2.19. The highest BCUT2D eigenvalue weighted by Crippen LogP contribution is 2.33. The minimum atomic E-state index is 0.405. The van der Waals surface area contributed by atoms with Gasteiger partial charge in [-0.25, -0.2) is 4.98 Å². The van der Waals surface area contributed by atoms with Gasteiger partial charge in [0.25, 0.3) is 5.62 Å². The van der Waals surface area contributed by atoms with Crippen LogP contribution < -0.4 is 10.9 Å². The highest BCUT2D eigenvalue weighted by atomic mass is 79.9. The summed E-state index contributed by atoms with van der Waals surface area (Å²) in [6.07, 6.45) is 1.78. The maximum Gasteiger partial charge on any atom is 0.254 e. The maximum absolute atomic E-state index is 4.56. The number of aromatic nitrogens is 5. The molecular weight excluding hydrogens is 354 g/mol. The molecule has 0 bridgehead atoms. The molecule has 1 aromatic heterocycles. The molecule has 3 aliphatic heterocycles. The molecule has 4 heterocycles. The molecule has 0 atom stereocenters. The Morgan fingerprint density at radius 2 is 2.33 bits per heavy atom. The zero-order chi connectivity index (χ0) is 14.4. The van der Waals surface area contributed by atoms with Crippen molar-refractivity contribution in [2.24, 2.45) is 4.99 Å². The molecule has 0 saturated heterocycles. The molecule has 0 unspecified atom stereocenters. The van der Waals surface area contributed by atoms with Crippen LogP contribution in [0.1, 0.15) is 5.01 Å². The molecule has 1 N–H and O–H groups in total. The summed E-state index contributed by atoms with van der Waals surface area (Å²) in [6, 6.07) is 2.01. The fraction of sp³-hybridized carbons (Fsp3) is 0.250. The summed E-state index contributed by atoms with van der Waals surface area (Å²) in [7, 11) is 0. The number of nitrogens with zero attached hydrogens (tertiary/aromatic N) is 6. The Morgan fingerprint density at radius 3 is 3.14 bits per heavy atom. The van der Waals surface area contributed by atoms with Gasteiger partial charge in [-0.05, 0) is 28.9 Å². The van der Waals surface area contributed by atoms with E-state index in [1.807, 2.05) is 13.0 Å². The zero-order valence-corrected chi connectivity index (χ0v) is 13.4. The van der Waals surface area contributed by atoms with E-state index in [9.17, 15) is 0 Å².